The second kappa shape index (κ2) is 9.14. The van der Waals surface area contributed by atoms with Gasteiger partial charge in [-0.15, -0.1) is 0 Å². The maximum absolute atomic E-state index is 12.3. The van der Waals surface area contributed by atoms with Gasteiger partial charge in [0.1, 0.15) is 12.3 Å². The van der Waals surface area contributed by atoms with E-state index in [0.29, 0.717) is 23.2 Å². The molecule has 0 saturated heterocycles. The summed E-state index contributed by atoms with van der Waals surface area (Å²) < 4.78 is 42.2. The van der Waals surface area contributed by atoms with Crippen LogP contribution in [0.4, 0.5) is 13.2 Å². The predicted molar refractivity (Wildman–Crippen MR) is 89.5 cm³/mol. The van der Waals surface area contributed by atoms with Crippen LogP contribution in [0.15, 0.2) is 29.3 Å². The van der Waals surface area contributed by atoms with Crippen molar-refractivity contribution in [1.29, 1.82) is 0 Å². The molecule has 1 aromatic rings. The van der Waals surface area contributed by atoms with Crippen molar-refractivity contribution in [2.24, 2.45) is 4.99 Å². The Bertz CT molecular complexity index is 605. The van der Waals surface area contributed by atoms with E-state index in [9.17, 15) is 18.0 Å². The quantitative estimate of drug-likeness (QED) is 0.620. The van der Waals surface area contributed by atoms with Crippen molar-refractivity contribution in [3.63, 3.8) is 0 Å². The summed E-state index contributed by atoms with van der Waals surface area (Å²) in [6.07, 6.45) is -4.42. The van der Waals surface area contributed by atoms with Crippen molar-refractivity contribution in [3.05, 3.63) is 29.8 Å². The summed E-state index contributed by atoms with van der Waals surface area (Å²) in [4.78, 5) is 18.2. The van der Waals surface area contributed by atoms with Gasteiger partial charge in [-0.2, -0.15) is 13.2 Å². The molecular weight excluding hydrogens is 337 g/mol. The number of nitrogens with one attached hydrogen (secondary N) is 1. The van der Waals surface area contributed by atoms with Crippen molar-refractivity contribution in [2.75, 3.05) is 41.3 Å². The van der Waals surface area contributed by atoms with Crippen LogP contribution in [0.1, 0.15) is 5.56 Å². The van der Waals surface area contributed by atoms with E-state index in [-0.39, 0.29) is 6.54 Å². The number of ether oxygens (including phenoxy) is 1. The highest BCUT2D eigenvalue weighted by Gasteiger charge is 2.31. The molecule has 0 spiro atoms. The van der Waals surface area contributed by atoms with E-state index in [4.69, 9.17) is 4.74 Å². The largest absolute Gasteiger partial charge is 0.496 e. The molecule has 0 aliphatic carbocycles. The zero-order valence-electron chi connectivity index (χ0n) is 14.7. The minimum atomic E-state index is -4.42. The number of carbonyl (C=O) groups is 1. The van der Waals surface area contributed by atoms with E-state index in [1.54, 1.807) is 19.1 Å². The standard InChI is InChI=1S/C16H23F3N4O2/c1-20-15(21-9-14(24)23(3)11-16(17,18)19)22(2)10-12-7-5-6-8-13(12)25-4/h5-8H,9-11H2,1-4H3,(H,20,21). The predicted octanol–water partition coefficient (Wildman–Crippen LogP) is 1.72. The number of benzene rings is 1. The number of guanidine groups is 1. The molecule has 1 rings (SSSR count). The second-order valence-corrected chi connectivity index (χ2v) is 5.43. The molecule has 140 valence electrons. The molecule has 0 aromatic heterocycles. The van der Waals surface area contributed by atoms with Crippen LogP contribution in [0, 0.1) is 0 Å². The number of carbonyl (C=O) groups excluding carboxylic acids is 1. The normalized spacial score (nSPS) is 11.9. The molecule has 0 aliphatic heterocycles. The Balaban J connectivity index is 2.63. The fourth-order valence-electron chi connectivity index (χ4n) is 2.20. The Hall–Kier alpha value is -2.45. The number of aliphatic imine (C=N–C) groups is 1. The average molecular weight is 360 g/mol. The smallest absolute Gasteiger partial charge is 0.406 e. The van der Waals surface area contributed by atoms with Gasteiger partial charge in [-0.05, 0) is 6.07 Å². The van der Waals surface area contributed by atoms with Crippen LogP contribution in [0.25, 0.3) is 0 Å². The molecule has 0 unspecified atom stereocenters. The molecule has 9 heteroatoms. The number of nitrogens with zero attached hydrogens (tertiary/aromatic N) is 3. The summed E-state index contributed by atoms with van der Waals surface area (Å²) in [6.45, 7) is -1.12. The van der Waals surface area contributed by atoms with Crippen LogP contribution in [0.5, 0.6) is 5.75 Å². The highest BCUT2D eigenvalue weighted by molar-refractivity contribution is 5.86. The average Bonchev–Trinajstić information content (AvgIpc) is 2.54. The van der Waals surface area contributed by atoms with Crippen LogP contribution in [-0.2, 0) is 11.3 Å². The lowest BCUT2D eigenvalue weighted by Gasteiger charge is -2.24. The van der Waals surface area contributed by atoms with E-state index in [1.807, 2.05) is 24.3 Å². The SMILES string of the molecule is CN=C(NCC(=O)N(C)CC(F)(F)F)N(C)Cc1ccccc1OC. The van der Waals surface area contributed by atoms with Crippen LogP contribution < -0.4 is 10.1 Å². The Morgan fingerprint density at radius 1 is 1.24 bits per heavy atom. The van der Waals surface area contributed by atoms with Gasteiger partial charge in [-0.1, -0.05) is 18.2 Å². The number of likely N-dealkylation sites (N-methyl/N-ethyl adjacent to an activating group) is 1. The zero-order chi connectivity index (χ0) is 19.0. The number of rotatable bonds is 6. The number of alkyl halides is 3. The van der Waals surface area contributed by atoms with E-state index in [0.717, 1.165) is 12.6 Å². The lowest BCUT2D eigenvalue weighted by atomic mass is 10.2. The van der Waals surface area contributed by atoms with Crippen LogP contribution in [0.3, 0.4) is 0 Å². The number of amides is 1. The fourth-order valence-corrected chi connectivity index (χ4v) is 2.20. The minimum Gasteiger partial charge on any atom is -0.496 e. The summed E-state index contributed by atoms with van der Waals surface area (Å²) in [7, 11) is 5.97. The van der Waals surface area contributed by atoms with Crippen LogP contribution in [0.2, 0.25) is 0 Å². The maximum Gasteiger partial charge on any atom is 0.406 e. The van der Waals surface area contributed by atoms with Gasteiger partial charge in [0.2, 0.25) is 5.91 Å². The molecule has 0 bridgehead atoms. The molecule has 0 fully saturated rings. The van der Waals surface area contributed by atoms with Crippen molar-refractivity contribution in [2.45, 2.75) is 12.7 Å². The van der Waals surface area contributed by atoms with Crippen molar-refractivity contribution in [3.8, 4) is 5.75 Å². The van der Waals surface area contributed by atoms with Gasteiger partial charge in [0.15, 0.2) is 5.96 Å². The van der Waals surface area contributed by atoms with E-state index >= 15 is 0 Å². The third-order valence-electron chi connectivity index (χ3n) is 3.41. The van der Waals surface area contributed by atoms with Gasteiger partial charge in [0.05, 0.1) is 13.7 Å². The summed E-state index contributed by atoms with van der Waals surface area (Å²) in [5.74, 6) is 0.426. The lowest BCUT2D eigenvalue weighted by Crippen LogP contribution is -2.45. The molecule has 1 aromatic carbocycles. The van der Waals surface area contributed by atoms with Gasteiger partial charge in [0.25, 0.3) is 0 Å². The molecule has 6 nitrogen and oxygen atoms in total. The van der Waals surface area contributed by atoms with E-state index in [1.165, 1.54) is 7.05 Å². The highest BCUT2D eigenvalue weighted by atomic mass is 19.4. The molecule has 0 aliphatic rings. The Kier molecular flexibility index (Phi) is 7.53. The molecule has 0 saturated carbocycles. The second-order valence-electron chi connectivity index (χ2n) is 5.43. The number of para-hydroxylation sites is 1. The van der Waals surface area contributed by atoms with E-state index in [2.05, 4.69) is 10.3 Å². The molecule has 1 N–H and O–H groups in total. The summed E-state index contributed by atoms with van der Waals surface area (Å²) in [6, 6.07) is 7.45. The van der Waals surface area contributed by atoms with Crippen LogP contribution in [-0.4, -0.2) is 69.2 Å². The van der Waals surface area contributed by atoms with Crippen molar-refractivity contribution >= 4 is 11.9 Å². The first-order valence-electron chi connectivity index (χ1n) is 7.52. The Morgan fingerprint density at radius 3 is 2.44 bits per heavy atom. The highest BCUT2D eigenvalue weighted by Crippen LogP contribution is 2.18. The lowest BCUT2D eigenvalue weighted by molar-refractivity contribution is -0.157. The number of hydrogen-bond donors (Lipinski definition) is 1. The topological polar surface area (TPSA) is 57.2 Å². The van der Waals surface area contributed by atoms with Crippen molar-refractivity contribution in [1.82, 2.24) is 15.1 Å². The van der Waals surface area contributed by atoms with Gasteiger partial charge >= 0.3 is 6.18 Å². The third kappa shape index (κ3) is 6.90. The Morgan fingerprint density at radius 2 is 1.88 bits per heavy atom. The van der Waals surface area contributed by atoms with Gasteiger partial charge in [-0.25, -0.2) is 0 Å². The molecule has 0 atom stereocenters. The first-order valence-corrected chi connectivity index (χ1v) is 7.52. The Labute approximate surface area is 145 Å². The molecular formula is C16H23F3N4O2. The fraction of sp³-hybridized carbons (Fsp3) is 0.500. The molecule has 0 heterocycles. The van der Waals surface area contributed by atoms with Crippen LogP contribution >= 0.6 is 0 Å². The minimum absolute atomic E-state index is 0.282. The molecule has 25 heavy (non-hydrogen) atoms. The maximum atomic E-state index is 12.3. The monoisotopic (exact) mass is 360 g/mol. The van der Waals surface area contributed by atoms with Crippen molar-refractivity contribution < 1.29 is 22.7 Å². The molecule has 0 radical (unpaired) electrons. The third-order valence-corrected chi connectivity index (χ3v) is 3.41. The first kappa shape index (κ1) is 20.6. The van der Waals surface area contributed by atoms with Gasteiger partial charge in [0, 0.05) is 33.3 Å². The number of methoxy groups -OCH3 is 1. The summed E-state index contributed by atoms with van der Waals surface area (Å²) in [5, 5.41) is 2.77. The molecule has 1 amide bonds. The summed E-state index contributed by atoms with van der Waals surface area (Å²) >= 11 is 0. The zero-order valence-corrected chi connectivity index (χ0v) is 14.7. The summed E-state index contributed by atoms with van der Waals surface area (Å²) in [5.41, 5.74) is 0.913. The van der Waals surface area contributed by atoms with Gasteiger partial charge in [-0.3, -0.25) is 9.79 Å². The van der Waals surface area contributed by atoms with E-state index < -0.39 is 18.6 Å². The number of halogens is 3. The number of hydrogen-bond acceptors (Lipinski definition) is 3. The first-order chi connectivity index (χ1) is 11.7. The van der Waals surface area contributed by atoms with Gasteiger partial charge < -0.3 is 19.9 Å².